The Morgan fingerprint density at radius 2 is 1.55 bits per heavy atom. The maximum absolute atomic E-state index is 12.4. The van der Waals surface area contributed by atoms with Gasteiger partial charge in [0.2, 0.25) is 5.95 Å². The van der Waals surface area contributed by atoms with Crippen LogP contribution in [-0.4, -0.2) is 29.0 Å². The van der Waals surface area contributed by atoms with Crippen LogP contribution in [0, 0.1) is 6.92 Å². The van der Waals surface area contributed by atoms with Crippen molar-refractivity contribution < 1.29 is 4.79 Å². The molecule has 1 aliphatic rings. The van der Waals surface area contributed by atoms with Gasteiger partial charge >= 0.3 is 0 Å². The minimum absolute atomic E-state index is 0.0752. The molecule has 5 heteroatoms. The SMILES string of the molecule is Cc1ccc(CNC(=O)c2ccc(-c3cnc(N4CCCCC4)nc3)cc2)cc1. The minimum Gasteiger partial charge on any atom is -0.348 e. The summed E-state index contributed by atoms with van der Waals surface area (Å²) in [6.07, 6.45) is 7.43. The lowest BCUT2D eigenvalue weighted by Gasteiger charge is -2.26. The Balaban J connectivity index is 1.38. The summed E-state index contributed by atoms with van der Waals surface area (Å²) in [7, 11) is 0. The molecular formula is C24H26N4O. The fourth-order valence-electron chi connectivity index (χ4n) is 3.53. The second-order valence-corrected chi connectivity index (χ2v) is 7.57. The number of nitrogens with zero attached hydrogens (tertiary/aromatic N) is 3. The van der Waals surface area contributed by atoms with Gasteiger partial charge < -0.3 is 10.2 Å². The van der Waals surface area contributed by atoms with E-state index in [4.69, 9.17) is 0 Å². The zero-order valence-electron chi connectivity index (χ0n) is 16.8. The van der Waals surface area contributed by atoms with Crippen molar-refractivity contribution in [3.05, 3.63) is 77.6 Å². The van der Waals surface area contributed by atoms with Crippen LogP contribution >= 0.6 is 0 Å². The molecule has 1 aromatic heterocycles. The third kappa shape index (κ3) is 4.80. The van der Waals surface area contributed by atoms with E-state index >= 15 is 0 Å². The number of hydrogen-bond donors (Lipinski definition) is 1. The molecule has 3 aromatic rings. The zero-order valence-corrected chi connectivity index (χ0v) is 16.8. The largest absolute Gasteiger partial charge is 0.348 e. The molecular weight excluding hydrogens is 360 g/mol. The predicted molar refractivity (Wildman–Crippen MR) is 116 cm³/mol. The van der Waals surface area contributed by atoms with Crippen molar-refractivity contribution in [1.29, 1.82) is 0 Å². The van der Waals surface area contributed by atoms with Gasteiger partial charge in [0.15, 0.2) is 0 Å². The van der Waals surface area contributed by atoms with Gasteiger partial charge in [-0.1, -0.05) is 42.0 Å². The highest BCUT2D eigenvalue weighted by molar-refractivity contribution is 5.94. The van der Waals surface area contributed by atoms with E-state index in [1.54, 1.807) is 0 Å². The van der Waals surface area contributed by atoms with Gasteiger partial charge in [-0.05, 0) is 49.4 Å². The Hall–Kier alpha value is -3.21. The molecule has 1 saturated heterocycles. The number of carbonyl (C=O) groups is 1. The highest BCUT2D eigenvalue weighted by Gasteiger charge is 2.13. The van der Waals surface area contributed by atoms with Crippen molar-refractivity contribution in [3.8, 4) is 11.1 Å². The highest BCUT2D eigenvalue weighted by atomic mass is 16.1. The molecule has 1 aliphatic heterocycles. The van der Waals surface area contributed by atoms with Gasteiger partial charge in [-0.25, -0.2) is 9.97 Å². The quantitative estimate of drug-likeness (QED) is 0.707. The first-order valence-corrected chi connectivity index (χ1v) is 10.2. The molecule has 5 nitrogen and oxygen atoms in total. The smallest absolute Gasteiger partial charge is 0.251 e. The fraction of sp³-hybridized carbons (Fsp3) is 0.292. The Kier molecular flexibility index (Phi) is 5.84. The van der Waals surface area contributed by atoms with Gasteiger partial charge in [0, 0.05) is 43.2 Å². The van der Waals surface area contributed by atoms with Crippen LogP contribution in [0.1, 0.15) is 40.7 Å². The maximum atomic E-state index is 12.4. The summed E-state index contributed by atoms with van der Waals surface area (Å²) >= 11 is 0. The molecule has 0 aliphatic carbocycles. The molecule has 148 valence electrons. The molecule has 0 unspecified atom stereocenters. The van der Waals surface area contributed by atoms with Gasteiger partial charge in [0.1, 0.15) is 0 Å². The molecule has 4 rings (SSSR count). The summed E-state index contributed by atoms with van der Waals surface area (Å²) in [6, 6.07) is 15.7. The average molecular weight is 386 g/mol. The Labute approximate surface area is 171 Å². The summed E-state index contributed by atoms with van der Waals surface area (Å²) < 4.78 is 0. The van der Waals surface area contributed by atoms with Crippen molar-refractivity contribution >= 4 is 11.9 Å². The molecule has 2 heterocycles. The van der Waals surface area contributed by atoms with Crippen LogP contribution in [0.3, 0.4) is 0 Å². The lowest BCUT2D eigenvalue weighted by molar-refractivity contribution is 0.0951. The topological polar surface area (TPSA) is 58.1 Å². The normalized spacial score (nSPS) is 13.9. The number of carbonyl (C=O) groups excluding carboxylic acids is 1. The van der Waals surface area contributed by atoms with E-state index in [1.807, 2.05) is 48.8 Å². The first-order chi connectivity index (χ1) is 14.2. The molecule has 0 saturated carbocycles. The number of aryl methyl sites for hydroxylation is 1. The summed E-state index contributed by atoms with van der Waals surface area (Å²) in [5.41, 5.74) is 4.91. The Morgan fingerprint density at radius 3 is 2.21 bits per heavy atom. The third-order valence-electron chi connectivity index (χ3n) is 5.33. The number of hydrogen-bond acceptors (Lipinski definition) is 4. The second kappa shape index (κ2) is 8.86. The Morgan fingerprint density at radius 1 is 0.897 bits per heavy atom. The molecule has 0 atom stereocenters. The van der Waals surface area contributed by atoms with E-state index in [9.17, 15) is 4.79 Å². The van der Waals surface area contributed by atoms with E-state index in [0.717, 1.165) is 35.7 Å². The zero-order chi connectivity index (χ0) is 20.1. The van der Waals surface area contributed by atoms with Crippen LogP contribution in [0.15, 0.2) is 60.9 Å². The number of aromatic nitrogens is 2. The maximum Gasteiger partial charge on any atom is 0.251 e. The molecule has 29 heavy (non-hydrogen) atoms. The lowest BCUT2D eigenvalue weighted by Crippen LogP contribution is -2.30. The molecule has 1 N–H and O–H groups in total. The summed E-state index contributed by atoms with van der Waals surface area (Å²) in [4.78, 5) is 23.7. The van der Waals surface area contributed by atoms with Crippen molar-refractivity contribution in [2.45, 2.75) is 32.7 Å². The summed E-state index contributed by atoms with van der Waals surface area (Å²) in [5.74, 6) is 0.731. The fourth-order valence-corrected chi connectivity index (χ4v) is 3.53. The van der Waals surface area contributed by atoms with Crippen LogP contribution in [0.4, 0.5) is 5.95 Å². The standard InChI is InChI=1S/C24H26N4O/c1-18-5-7-19(8-6-18)15-25-23(29)21-11-9-20(10-12-21)22-16-26-24(27-17-22)28-13-3-2-4-14-28/h5-12,16-17H,2-4,13-15H2,1H3,(H,25,29). The molecule has 1 fully saturated rings. The van der Waals surface area contributed by atoms with E-state index < -0.39 is 0 Å². The lowest BCUT2D eigenvalue weighted by atomic mass is 10.1. The molecule has 0 radical (unpaired) electrons. The van der Waals surface area contributed by atoms with E-state index in [2.05, 4.69) is 39.2 Å². The van der Waals surface area contributed by atoms with Crippen LogP contribution in [0.5, 0.6) is 0 Å². The molecule has 0 bridgehead atoms. The van der Waals surface area contributed by atoms with Gasteiger partial charge in [0.05, 0.1) is 0 Å². The first-order valence-electron chi connectivity index (χ1n) is 10.2. The van der Waals surface area contributed by atoms with Gasteiger partial charge in [-0.3, -0.25) is 4.79 Å². The first kappa shape index (κ1) is 19.1. The molecule has 1 amide bonds. The van der Waals surface area contributed by atoms with Gasteiger partial charge in [0.25, 0.3) is 5.91 Å². The minimum atomic E-state index is -0.0752. The molecule has 2 aromatic carbocycles. The van der Waals surface area contributed by atoms with E-state index in [-0.39, 0.29) is 5.91 Å². The number of amides is 1. The Bertz CT molecular complexity index is 944. The predicted octanol–water partition coefficient (Wildman–Crippen LogP) is 4.37. The van der Waals surface area contributed by atoms with Crippen LogP contribution in [0.25, 0.3) is 11.1 Å². The summed E-state index contributed by atoms with van der Waals surface area (Å²) in [6.45, 7) is 4.64. The average Bonchev–Trinajstić information content (AvgIpc) is 2.79. The summed E-state index contributed by atoms with van der Waals surface area (Å²) in [5, 5.41) is 2.97. The third-order valence-corrected chi connectivity index (χ3v) is 5.33. The second-order valence-electron chi connectivity index (χ2n) is 7.57. The monoisotopic (exact) mass is 386 g/mol. The van der Waals surface area contributed by atoms with Crippen LogP contribution in [-0.2, 0) is 6.54 Å². The number of piperidine rings is 1. The van der Waals surface area contributed by atoms with Crippen molar-refractivity contribution in [2.75, 3.05) is 18.0 Å². The number of anilines is 1. The van der Waals surface area contributed by atoms with Gasteiger partial charge in [-0.15, -0.1) is 0 Å². The van der Waals surface area contributed by atoms with Crippen molar-refractivity contribution in [2.24, 2.45) is 0 Å². The molecule has 0 spiro atoms. The van der Waals surface area contributed by atoms with Crippen LogP contribution < -0.4 is 10.2 Å². The number of rotatable bonds is 5. The van der Waals surface area contributed by atoms with Crippen molar-refractivity contribution in [1.82, 2.24) is 15.3 Å². The van der Waals surface area contributed by atoms with E-state index in [0.29, 0.717) is 12.1 Å². The van der Waals surface area contributed by atoms with Crippen LogP contribution in [0.2, 0.25) is 0 Å². The highest BCUT2D eigenvalue weighted by Crippen LogP contribution is 2.21. The van der Waals surface area contributed by atoms with E-state index in [1.165, 1.54) is 24.8 Å². The number of nitrogens with one attached hydrogen (secondary N) is 1. The number of benzene rings is 2. The van der Waals surface area contributed by atoms with Gasteiger partial charge in [-0.2, -0.15) is 0 Å². The van der Waals surface area contributed by atoms with Crippen molar-refractivity contribution in [3.63, 3.8) is 0 Å².